The summed E-state index contributed by atoms with van der Waals surface area (Å²) >= 11 is 1.56. The van der Waals surface area contributed by atoms with Crippen LogP contribution in [0.3, 0.4) is 0 Å². The third kappa shape index (κ3) is 3.19. The summed E-state index contributed by atoms with van der Waals surface area (Å²) in [4.78, 5) is 19.2. The topological polar surface area (TPSA) is 78.9 Å². The fraction of sp³-hybridized carbons (Fsp3) is 0.0714. The Labute approximate surface area is 209 Å². The number of oxazole rings is 1. The number of benzene rings is 3. The molecule has 4 aromatic heterocycles. The smallest absolute Gasteiger partial charge is 0.256 e. The van der Waals surface area contributed by atoms with Crippen molar-refractivity contribution in [2.24, 2.45) is 7.05 Å². The van der Waals surface area contributed by atoms with Gasteiger partial charge in [-0.15, -0.1) is 11.3 Å². The number of nitrogens with zero attached hydrogens (tertiary/aromatic N) is 5. The zero-order valence-electron chi connectivity index (χ0n) is 19.5. The monoisotopic (exact) mass is 489 g/mol. The number of imidazole rings is 1. The van der Waals surface area contributed by atoms with Gasteiger partial charge in [-0.25, -0.2) is 19.9 Å². The summed E-state index contributed by atoms with van der Waals surface area (Å²) in [6, 6.07) is 23.9. The van der Waals surface area contributed by atoms with Gasteiger partial charge in [0.05, 0.1) is 33.9 Å². The highest BCUT2D eigenvalue weighted by Crippen LogP contribution is 2.42. The summed E-state index contributed by atoms with van der Waals surface area (Å²) in [7, 11) is 3.65. The average molecular weight is 490 g/mol. The van der Waals surface area contributed by atoms with Crippen molar-refractivity contribution < 1.29 is 9.15 Å². The van der Waals surface area contributed by atoms with Gasteiger partial charge < -0.3 is 13.7 Å². The molecule has 174 valence electrons. The minimum atomic E-state index is 0.515. The van der Waals surface area contributed by atoms with Crippen LogP contribution in [0.15, 0.2) is 83.4 Å². The van der Waals surface area contributed by atoms with E-state index in [2.05, 4.69) is 32.7 Å². The van der Waals surface area contributed by atoms with Gasteiger partial charge in [-0.05, 0) is 42.0 Å². The first kappa shape index (κ1) is 20.8. The number of para-hydroxylation sites is 4. The summed E-state index contributed by atoms with van der Waals surface area (Å²) in [5.74, 6) is 1.92. The van der Waals surface area contributed by atoms with Crippen LogP contribution in [0.25, 0.3) is 65.8 Å². The number of hydrogen-bond acceptors (Lipinski definition) is 7. The maximum Gasteiger partial charge on any atom is 0.256 e. The van der Waals surface area contributed by atoms with Gasteiger partial charge in [-0.2, -0.15) is 0 Å². The SMILES string of the molecule is COc1ccc(-c2ccc3sc(-c4nc5ccccc5o4)nc3c2-c2nc3ccccc3n2C)cn1. The van der Waals surface area contributed by atoms with Crippen LogP contribution in [0.4, 0.5) is 0 Å². The first-order chi connectivity index (χ1) is 17.7. The molecule has 0 saturated carbocycles. The highest BCUT2D eigenvalue weighted by atomic mass is 32.1. The van der Waals surface area contributed by atoms with Gasteiger partial charge >= 0.3 is 0 Å². The molecule has 4 heterocycles. The molecule has 7 nitrogen and oxygen atoms in total. The predicted octanol–water partition coefficient (Wildman–Crippen LogP) is 6.73. The number of ether oxygens (including phenoxy) is 1. The Bertz CT molecular complexity index is 1870. The van der Waals surface area contributed by atoms with Crippen molar-refractivity contribution in [1.29, 1.82) is 0 Å². The third-order valence-corrected chi connectivity index (χ3v) is 7.31. The number of hydrogen-bond donors (Lipinski definition) is 0. The van der Waals surface area contributed by atoms with Gasteiger partial charge in [0.25, 0.3) is 5.89 Å². The lowest BCUT2D eigenvalue weighted by molar-refractivity contribution is 0.398. The Morgan fingerprint density at radius 1 is 0.861 bits per heavy atom. The van der Waals surface area contributed by atoms with Gasteiger partial charge in [0.1, 0.15) is 11.3 Å². The number of aromatic nitrogens is 5. The average Bonchev–Trinajstić information content (AvgIpc) is 3.63. The standard InChI is InChI=1S/C28H19N5O2S/c1-33-20-9-5-3-7-18(20)30-26(33)24-17(16-11-14-23(34-2)29-15-16)12-13-22-25(24)32-28(36-22)27-31-19-8-4-6-10-21(19)35-27/h3-15H,1-2H3. The lowest BCUT2D eigenvalue weighted by Crippen LogP contribution is -1.97. The van der Waals surface area contributed by atoms with E-state index < -0.39 is 0 Å². The quantitative estimate of drug-likeness (QED) is 0.273. The molecule has 0 aliphatic rings. The van der Waals surface area contributed by atoms with E-state index in [-0.39, 0.29) is 0 Å². The van der Waals surface area contributed by atoms with E-state index in [4.69, 9.17) is 19.1 Å². The number of aryl methyl sites for hydroxylation is 1. The molecule has 36 heavy (non-hydrogen) atoms. The minimum absolute atomic E-state index is 0.515. The van der Waals surface area contributed by atoms with Crippen molar-refractivity contribution in [1.82, 2.24) is 24.5 Å². The normalized spacial score (nSPS) is 11.6. The van der Waals surface area contributed by atoms with E-state index >= 15 is 0 Å². The Kier molecular flexibility index (Phi) is 4.62. The highest BCUT2D eigenvalue weighted by Gasteiger charge is 2.22. The molecular weight excluding hydrogens is 470 g/mol. The maximum absolute atomic E-state index is 6.03. The molecule has 0 aliphatic heterocycles. The van der Waals surface area contributed by atoms with Gasteiger partial charge in [0.2, 0.25) is 5.88 Å². The Morgan fingerprint density at radius 3 is 2.47 bits per heavy atom. The zero-order chi connectivity index (χ0) is 24.2. The van der Waals surface area contributed by atoms with Gasteiger partial charge in [0.15, 0.2) is 10.6 Å². The van der Waals surface area contributed by atoms with E-state index in [1.165, 1.54) is 0 Å². The van der Waals surface area contributed by atoms with Gasteiger partial charge in [0, 0.05) is 24.9 Å². The van der Waals surface area contributed by atoms with E-state index in [0.717, 1.165) is 59.9 Å². The van der Waals surface area contributed by atoms with E-state index in [9.17, 15) is 0 Å². The van der Waals surface area contributed by atoms with Crippen LogP contribution in [0.2, 0.25) is 0 Å². The molecule has 0 atom stereocenters. The second-order valence-corrected chi connectivity index (χ2v) is 9.44. The summed E-state index contributed by atoms with van der Waals surface area (Å²) in [6.07, 6.45) is 1.82. The van der Waals surface area contributed by atoms with Crippen molar-refractivity contribution in [3.05, 3.63) is 79.0 Å². The van der Waals surface area contributed by atoms with Crippen molar-refractivity contribution in [3.63, 3.8) is 0 Å². The fourth-order valence-electron chi connectivity index (χ4n) is 4.55. The number of rotatable bonds is 4. The summed E-state index contributed by atoms with van der Waals surface area (Å²) in [6.45, 7) is 0. The highest BCUT2D eigenvalue weighted by molar-refractivity contribution is 7.21. The number of pyridine rings is 1. The third-order valence-electron chi connectivity index (χ3n) is 6.30. The molecule has 0 fully saturated rings. The molecule has 3 aromatic carbocycles. The van der Waals surface area contributed by atoms with Crippen LogP contribution >= 0.6 is 11.3 Å². The summed E-state index contributed by atoms with van der Waals surface area (Å²) in [5.41, 5.74) is 7.28. The number of fused-ring (bicyclic) bond motifs is 3. The van der Waals surface area contributed by atoms with Crippen LogP contribution in [-0.4, -0.2) is 31.6 Å². The van der Waals surface area contributed by atoms with Crippen molar-refractivity contribution in [3.8, 4) is 39.3 Å². The lowest BCUT2D eigenvalue weighted by atomic mass is 9.99. The molecule has 0 amide bonds. The molecule has 7 aromatic rings. The van der Waals surface area contributed by atoms with Crippen LogP contribution < -0.4 is 4.74 Å². The van der Waals surface area contributed by atoms with Crippen molar-refractivity contribution in [2.75, 3.05) is 7.11 Å². The minimum Gasteiger partial charge on any atom is -0.481 e. The summed E-state index contributed by atoms with van der Waals surface area (Å²) in [5, 5.41) is 0.728. The van der Waals surface area contributed by atoms with Crippen LogP contribution in [0.5, 0.6) is 5.88 Å². The maximum atomic E-state index is 6.03. The Balaban J connectivity index is 1.51. The molecule has 0 aliphatic carbocycles. The van der Waals surface area contributed by atoms with Gasteiger partial charge in [-0.3, -0.25) is 0 Å². The molecule has 0 bridgehead atoms. The van der Waals surface area contributed by atoms with E-state index in [1.54, 1.807) is 18.4 Å². The molecule has 0 radical (unpaired) electrons. The molecule has 0 N–H and O–H groups in total. The molecule has 0 unspecified atom stereocenters. The molecule has 7 rings (SSSR count). The number of methoxy groups -OCH3 is 1. The largest absolute Gasteiger partial charge is 0.481 e. The van der Waals surface area contributed by atoms with E-state index in [0.29, 0.717) is 11.8 Å². The summed E-state index contributed by atoms with van der Waals surface area (Å²) < 4.78 is 14.4. The molecular formula is C28H19N5O2S. The molecule has 0 spiro atoms. The zero-order valence-corrected chi connectivity index (χ0v) is 20.3. The van der Waals surface area contributed by atoms with Crippen LogP contribution in [0.1, 0.15) is 0 Å². The van der Waals surface area contributed by atoms with Crippen molar-refractivity contribution in [2.45, 2.75) is 0 Å². The van der Waals surface area contributed by atoms with Crippen LogP contribution in [-0.2, 0) is 7.05 Å². The van der Waals surface area contributed by atoms with Crippen molar-refractivity contribution >= 4 is 43.7 Å². The Hall–Kier alpha value is -4.56. The number of thiazole rings is 1. The van der Waals surface area contributed by atoms with Gasteiger partial charge in [-0.1, -0.05) is 30.3 Å². The van der Waals surface area contributed by atoms with E-state index in [1.807, 2.05) is 67.8 Å². The first-order valence-electron chi connectivity index (χ1n) is 11.4. The fourth-order valence-corrected chi connectivity index (χ4v) is 5.45. The Morgan fingerprint density at radius 2 is 1.69 bits per heavy atom. The molecule has 8 heteroatoms. The first-order valence-corrected chi connectivity index (χ1v) is 12.2. The van der Waals surface area contributed by atoms with Crippen LogP contribution in [0, 0.1) is 0 Å². The predicted molar refractivity (Wildman–Crippen MR) is 142 cm³/mol. The lowest BCUT2D eigenvalue weighted by Gasteiger charge is -2.11. The molecule has 0 saturated heterocycles. The second-order valence-electron chi connectivity index (χ2n) is 8.41. The second kappa shape index (κ2) is 8.00.